The number of aryl methyl sites for hydroxylation is 1. The molecule has 19 heavy (non-hydrogen) atoms. The highest BCUT2D eigenvalue weighted by Crippen LogP contribution is 2.22. The molecule has 1 rings (SSSR count). The Kier molecular flexibility index (Phi) is 5.38. The first-order chi connectivity index (χ1) is 8.74. The zero-order valence-corrected chi connectivity index (χ0v) is 13.1. The minimum Gasteiger partial charge on any atom is -0.324 e. The van der Waals surface area contributed by atoms with Gasteiger partial charge in [0.2, 0.25) is 10.0 Å². The van der Waals surface area contributed by atoms with Crippen molar-refractivity contribution in [3.05, 3.63) is 28.8 Å². The van der Waals surface area contributed by atoms with Gasteiger partial charge in [0.1, 0.15) is 4.90 Å². The van der Waals surface area contributed by atoms with Crippen molar-refractivity contribution >= 4 is 21.6 Å². The molecule has 4 nitrogen and oxygen atoms in total. The van der Waals surface area contributed by atoms with Crippen molar-refractivity contribution in [1.29, 1.82) is 0 Å². The highest BCUT2D eigenvalue weighted by atomic mass is 35.5. The second-order valence-corrected chi connectivity index (χ2v) is 6.97. The Morgan fingerprint density at radius 1 is 1.32 bits per heavy atom. The largest absolute Gasteiger partial charge is 0.324 e. The number of hydrogen-bond donors (Lipinski definition) is 2. The predicted molar refractivity (Wildman–Crippen MR) is 78.9 cm³/mol. The summed E-state index contributed by atoms with van der Waals surface area (Å²) in [5, 5.41) is 0.225. The number of benzene rings is 1. The first-order valence-corrected chi connectivity index (χ1v) is 8.15. The average Bonchev–Trinajstić information content (AvgIpc) is 2.35. The van der Waals surface area contributed by atoms with Crippen molar-refractivity contribution < 1.29 is 8.42 Å². The second-order valence-electron chi connectivity index (χ2n) is 4.83. The third-order valence-corrected chi connectivity index (χ3v) is 5.28. The summed E-state index contributed by atoms with van der Waals surface area (Å²) in [6.45, 7) is 5.94. The van der Waals surface area contributed by atoms with Crippen LogP contribution in [0.3, 0.4) is 0 Å². The topological polar surface area (TPSA) is 72.2 Å². The molecule has 1 aromatic carbocycles. The van der Waals surface area contributed by atoms with Crippen LogP contribution in [0.5, 0.6) is 0 Å². The SMILES string of the molecule is CCC(N)(CC)CNS(=O)(=O)c1ccc(C)cc1Cl. The molecule has 0 saturated carbocycles. The van der Waals surface area contributed by atoms with Crippen molar-refractivity contribution in [2.45, 2.75) is 44.0 Å². The van der Waals surface area contributed by atoms with Gasteiger partial charge in [-0.25, -0.2) is 13.1 Å². The van der Waals surface area contributed by atoms with Gasteiger partial charge in [-0.3, -0.25) is 0 Å². The summed E-state index contributed by atoms with van der Waals surface area (Å²) in [6.07, 6.45) is 1.40. The Balaban J connectivity index is 2.93. The molecular formula is C13H21ClN2O2S. The van der Waals surface area contributed by atoms with Crippen LogP contribution < -0.4 is 10.5 Å². The third-order valence-electron chi connectivity index (χ3n) is 3.40. The van der Waals surface area contributed by atoms with Gasteiger partial charge >= 0.3 is 0 Å². The number of hydrogen-bond acceptors (Lipinski definition) is 3. The van der Waals surface area contributed by atoms with E-state index in [9.17, 15) is 8.42 Å². The van der Waals surface area contributed by atoms with Gasteiger partial charge in [0.25, 0.3) is 0 Å². The van der Waals surface area contributed by atoms with E-state index in [1.807, 2.05) is 20.8 Å². The molecule has 1 aromatic rings. The highest BCUT2D eigenvalue weighted by molar-refractivity contribution is 7.89. The van der Waals surface area contributed by atoms with E-state index in [1.165, 1.54) is 6.07 Å². The smallest absolute Gasteiger partial charge is 0.242 e. The molecule has 0 bridgehead atoms. The van der Waals surface area contributed by atoms with Crippen molar-refractivity contribution in [2.24, 2.45) is 5.73 Å². The van der Waals surface area contributed by atoms with Gasteiger partial charge in [-0.2, -0.15) is 0 Å². The summed E-state index contributed by atoms with van der Waals surface area (Å²) in [7, 11) is -3.62. The molecule has 6 heteroatoms. The lowest BCUT2D eigenvalue weighted by Crippen LogP contribution is -2.49. The van der Waals surface area contributed by atoms with Crippen LogP contribution in [-0.2, 0) is 10.0 Å². The van der Waals surface area contributed by atoms with Crippen LogP contribution in [0.1, 0.15) is 32.3 Å². The van der Waals surface area contributed by atoms with E-state index in [0.717, 1.165) is 5.56 Å². The van der Waals surface area contributed by atoms with Gasteiger partial charge in [0, 0.05) is 12.1 Å². The molecule has 0 radical (unpaired) electrons. The van der Waals surface area contributed by atoms with Crippen LogP contribution in [0.2, 0.25) is 5.02 Å². The highest BCUT2D eigenvalue weighted by Gasteiger charge is 2.25. The molecule has 0 aliphatic carbocycles. The normalized spacial score (nSPS) is 12.7. The monoisotopic (exact) mass is 304 g/mol. The summed E-state index contributed by atoms with van der Waals surface area (Å²) < 4.78 is 26.9. The van der Waals surface area contributed by atoms with Gasteiger partial charge in [-0.1, -0.05) is 31.5 Å². The van der Waals surface area contributed by atoms with E-state index in [4.69, 9.17) is 17.3 Å². The summed E-state index contributed by atoms with van der Waals surface area (Å²) in [4.78, 5) is 0.0920. The van der Waals surface area contributed by atoms with Gasteiger partial charge < -0.3 is 5.73 Å². The molecule has 0 heterocycles. The predicted octanol–water partition coefficient (Wildman–Crippen LogP) is 2.44. The summed E-state index contributed by atoms with van der Waals surface area (Å²) in [5.41, 5.74) is 6.48. The fraction of sp³-hybridized carbons (Fsp3) is 0.538. The third kappa shape index (κ3) is 4.18. The fourth-order valence-corrected chi connectivity index (χ4v) is 3.38. The Hall–Kier alpha value is -0.620. The van der Waals surface area contributed by atoms with E-state index >= 15 is 0 Å². The molecule has 0 aliphatic rings. The molecule has 0 spiro atoms. The molecule has 0 aromatic heterocycles. The fourth-order valence-electron chi connectivity index (χ4n) is 1.64. The van der Waals surface area contributed by atoms with E-state index in [1.54, 1.807) is 12.1 Å². The first-order valence-electron chi connectivity index (χ1n) is 6.29. The van der Waals surface area contributed by atoms with E-state index in [2.05, 4.69) is 4.72 Å². The Morgan fingerprint density at radius 3 is 2.37 bits per heavy atom. The number of halogens is 1. The van der Waals surface area contributed by atoms with E-state index in [0.29, 0.717) is 12.8 Å². The zero-order chi connectivity index (χ0) is 14.7. The Morgan fingerprint density at radius 2 is 1.89 bits per heavy atom. The molecule has 0 amide bonds. The summed E-state index contributed by atoms with van der Waals surface area (Å²) >= 11 is 5.98. The summed E-state index contributed by atoms with van der Waals surface area (Å²) in [5.74, 6) is 0. The molecule has 108 valence electrons. The molecule has 3 N–H and O–H groups in total. The van der Waals surface area contributed by atoms with Crippen LogP contribution in [0.25, 0.3) is 0 Å². The Bertz CT molecular complexity index is 540. The number of rotatable bonds is 6. The van der Waals surface area contributed by atoms with E-state index < -0.39 is 15.6 Å². The van der Waals surface area contributed by atoms with Gasteiger partial charge in [0.15, 0.2) is 0 Å². The average molecular weight is 305 g/mol. The van der Waals surface area contributed by atoms with Crippen molar-refractivity contribution in [3.63, 3.8) is 0 Å². The quantitative estimate of drug-likeness (QED) is 0.848. The van der Waals surface area contributed by atoms with Crippen molar-refractivity contribution in [3.8, 4) is 0 Å². The maximum atomic E-state index is 12.2. The lowest BCUT2D eigenvalue weighted by molar-refractivity contribution is 0.392. The maximum absolute atomic E-state index is 12.2. The molecule has 0 saturated heterocycles. The van der Waals surface area contributed by atoms with Crippen LogP contribution in [0.15, 0.2) is 23.1 Å². The lowest BCUT2D eigenvalue weighted by Gasteiger charge is -2.26. The van der Waals surface area contributed by atoms with Gasteiger partial charge in [0.05, 0.1) is 5.02 Å². The number of sulfonamides is 1. The van der Waals surface area contributed by atoms with Crippen molar-refractivity contribution in [2.75, 3.05) is 6.54 Å². The van der Waals surface area contributed by atoms with Crippen LogP contribution in [-0.4, -0.2) is 20.5 Å². The molecular weight excluding hydrogens is 284 g/mol. The minimum atomic E-state index is -3.62. The molecule has 0 fully saturated rings. The van der Waals surface area contributed by atoms with Crippen LogP contribution in [0, 0.1) is 6.92 Å². The number of nitrogens with one attached hydrogen (secondary N) is 1. The van der Waals surface area contributed by atoms with E-state index in [-0.39, 0.29) is 16.5 Å². The van der Waals surface area contributed by atoms with Crippen LogP contribution in [0.4, 0.5) is 0 Å². The van der Waals surface area contributed by atoms with Crippen LogP contribution >= 0.6 is 11.6 Å². The molecule has 0 atom stereocenters. The van der Waals surface area contributed by atoms with Gasteiger partial charge in [-0.15, -0.1) is 0 Å². The summed E-state index contributed by atoms with van der Waals surface area (Å²) in [6, 6.07) is 4.86. The Labute approximate surface area is 120 Å². The maximum Gasteiger partial charge on any atom is 0.242 e. The zero-order valence-electron chi connectivity index (χ0n) is 11.5. The van der Waals surface area contributed by atoms with Crippen molar-refractivity contribution in [1.82, 2.24) is 4.72 Å². The molecule has 0 unspecified atom stereocenters. The van der Waals surface area contributed by atoms with Gasteiger partial charge in [-0.05, 0) is 37.5 Å². The first kappa shape index (κ1) is 16.4. The minimum absolute atomic E-state index is 0.0920. The molecule has 0 aliphatic heterocycles. The second kappa shape index (κ2) is 6.22. The standard InChI is InChI=1S/C13H21ClN2O2S/c1-4-13(15,5-2)9-16-19(17,18)12-7-6-10(3)8-11(12)14/h6-8,16H,4-5,9,15H2,1-3H3. The number of nitrogens with two attached hydrogens (primary N) is 1. The lowest BCUT2D eigenvalue weighted by atomic mass is 9.95.